The molecule has 0 heterocycles. The zero-order valence-corrected chi connectivity index (χ0v) is 9.35. The Kier molecular flexibility index (Phi) is 5.71. The van der Waals surface area contributed by atoms with Crippen LogP contribution >= 0.6 is 0 Å². The van der Waals surface area contributed by atoms with Crippen molar-refractivity contribution < 1.29 is 9.53 Å². The van der Waals surface area contributed by atoms with E-state index in [-0.39, 0.29) is 5.97 Å². The molecule has 0 aliphatic carbocycles. The number of ether oxygens (including phenoxy) is 1. The van der Waals surface area contributed by atoms with Gasteiger partial charge in [-0.25, -0.2) is 4.79 Å². The first kappa shape index (κ1) is 12.2. The lowest BCUT2D eigenvalue weighted by molar-refractivity contribution is -0.128. The Bertz CT molecular complexity index is 364. The van der Waals surface area contributed by atoms with Crippen molar-refractivity contribution in [1.82, 2.24) is 0 Å². The standard InChI is InChI=1S/C14H15O2/c1-2-3-4-5-9-12-14(15)16-13-10-7-6-8-11-13/h4-5,7-12H,2-3H2,1H3/b5-4+,12-9+. The van der Waals surface area contributed by atoms with E-state index in [0.717, 1.165) is 12.8 Å². The van der Waals surface area contributed by atoms with Crippen LogP contribution in [0.15, 0.2) is 48.6 Å². The highest BCUT2D eigenvalue weighted by atomic mass is 16.5. The number of esters is 1. The molecule has 0 atom stereocenters. The Morgan fingerprint density at radius 1 is 1.38 bits per heavy atom. The van der Waals surface area contributed by atoms with Gasteiger partial charge in [-0.3, -0.25) is 0 Å². The van der Waals surface area contributed by atoms with Gasteiger partial charge in [-0.1, -0.05) is 43.7 Å². The van der Waals surface area contributed by atoms with Crippen LogP contribution in [0.3, 0.4) is 0 Å². The average molecular weight is 215 g/mol. The van der Waals surface area contributed by atoms with Crippen molar-refractivity contribution in [3.63, 3.8) is 0 Å². The Balaban J connectivity index is 2.36. The van der Waals surface area contributed by atoms with Gasteiger partial charge < -0.3 is 4.74 Å². The first-order chi connectivity index (χ1) is 7.83. The molecule has 2 nitrogen and oxygen atoms in total. The highest BCUT2D eigenvalue weighted by Gasteiger charge is 1.97. The maximum Gasteiger partial charge on any atom is 0.336 e. The Morgan fingerprint density at radius 2 is 2.12 bits per heavy atom. The summed E-state index contributed by atoms with van der Waals surface area (Å²) in [4.78, 5) is 11.3. The zero-order chi connectivity index (χ0) is 11.6. The van der Waals surface area contributed by atoms with Crippen molar-refractivity contribution in [2.75, 3.05) is 0 Å². The molecule has 1 aromatic rings. The number of unbranched alkanes of at least 4 members (excludes halogenated alkanes) is 1. The summed E-state index contributed by atoms with van der Waals surface area (Å²) >= 11 is 0. The minimum atomic E-state index is -0.368. The molecule has 0 aliphatic heterocycles. The largest absolute Gasteiger partial charge is 0.423 e. The first-order valence-electron chi connectivity index (χ1n) is 5.34. The topological polar surface area (TPSA) is 26.3 Å². The number of hydrogen-bond acceptors (Lipinski definition) is 2. The number of allylic oxidation sites excluding steroid dienone is 3. The van der Waals surface area contributed by atoms with Crippen molar-refractivity contribution in [1.29, 1.82) is 0 Å². The van der Waals surface area contributed by atoms with E-state index < -0.39 is 0 Å². The maximum absolute atomic E-state index is 11.3. The van der Waals surface area contributed by atoms with Gasteiger partial charge in [0, 0.05) is 6.08 Å². The van der Waals surface area contributed by atoms with E-state index in [9.17, 15) is 4.79 Å². The van der Waals surface area contributed by atoms with Gasteiger partial charge in [0.05, 0.1) is 0 Å². The van der Waals surface area contributed by atoms with Crippen LogP contribution in [0.5, 0.6) is 5.75 Å². The Morgan fingerprint density at radius 3 is 2.81 bits per heavy atom. The van der Waals surface area contributed by atoms with Gasteiger partial charge in [0.25, 0.3) is 0 Å². The van der Waals surface area contributed by atoms with Crippen molar-refractivity contribution in [3.8, 4) is 5.75 Å². The Hall–Kier alpha value is -1.83. The van der Waals surface area contributed by atoms with E-state index in [1.165, 1.54) is 6.08 Å². The molecule has 0 spiro atoms. The molecular weight excluding hydrogens is 200 g/mol. The second kappa shape index (κ2) is 7.46. The minimum Gasteiger partial charge on any atom is -0.423 e. The fourth-order valence-corrected chi connectivity index (χ4v) is 1.07. The van der Waals surface area contributed by atoms with Crippen LogP contribution in [0.1, 0.15) is 19.8 Å². The van der Waals surface area contributed by atoms with Gasteiger partial charge in [0.2, 0.25) is 0 Å². The van der Waals surface area contributed by atoms with Gasteiger partial charge in [0.1, 0.15) is 5.75 Å². The highest BCUT2D eigenvalue weighted by molar-refractivity contribution is 5.84. The minimum absolute atomic E-state index is 0.368. The quantitative estimate of drug-likeness (QED) is 0.326. The lowest BCUT2D eigenvalue weighted by Gasteiger charge is -1.98. The fourth-order valence-electron chi connectivity index (χ4n) is 1.07. The van der Waals surface area contributed by atoms with Gasteiger partial charge in [-0.05, 0) is 24.6 Å². The molecule has 0 saturated carbocycles. The maximum atomic E-state index is 11.3. The molecule has 0 fully saturated rings. The molecule has 0 amide bonds. The molecule has 1 rings (SSSR count). The normalized spacial score (nSPS) is 11.1. The SMILES string of the molecule is CCC/C=C/C=C/C(=O)Oc1cc[c]cc1. The second-order valence-electron chi connectivity index (χ2n) is 3.23. The predicted octanol–water partition coefficient (Wildman–Crippen LogP) is 3.30. The van der Waals surface area contributed by atoms with Crippen LogP contribution in [0.2, 0.25) is 0 Å². The van der Waals surface area contributed by atoms with E-state index in [4.69, 9.17) is 4.74 Å². The number of benzene rings is 1. The van der Waals surface area contributed by atoms with E-state index in [2.05, 4.69) is 13.0 Å². The number of carbonyl (C=O) groups excluding carboxylic acids is 1. The summed E-state index contributed by atoms with van der Waals surface area (Å²) in [5.41, 5.74) is 0. The fraction of sp³-hybridized carbons (Fsp3) is 0.214. The lowest BCUT2D eigenvalue weighted by atomic mass is 10.3. The molecule has 16 heavy (non-hydrogen) atoms. The summed E-state index contributed by atoms with van der Waals surface area (Å²) in [5, 5.41) is 0. The molecule has 0 bridgehead atoms. The first-order valence-corrected chi connectivity index (χ1v) is 5.34. The molecule has 2 heteroatoms. The van der Waals surface area contributed by atoms with Gasteiger partial charge in [-0.2, -0.15) is 0 Å². The van der Waals surface area contributed by atoms with Crippen molar-refractivity contribution in [2.24, 2.45) is 0 Å². The lowest BCUT2D eigenvalue weighted by Crippen LogP contribution is -2.03. The van der Waals surface area contributed by atoms with Crippen molar-refractivity contribution in [3.05, 3.63) is 54.6 Å². The summed E-state index contributed by atoms with van der Waals surface area (Å²) in [6.07, 6.45) is 9.09. The van der Waals surface area contributed by atoms with Crippen molar-refractivity contribution >= 4 is 5.97 Å². The van der Waals surface area contributed by atoms with Gasteiger partial charge in [0.15, 0.2) is 0 Å². The average Bonchev–Trinajstić information content (AvgIpc) is 2.30. The smallest absolute Gasteiger partial charge is 0.336 e. The molecule has 0 saturated heterocycles. The van der Waals surface area contributed by atoms with E-state index in [1.54, 1.807) is 30.3 Å². The van der Waals surface area contributed by atoms with E-state index >= 15 is 0 Å². The third kappa shape index (κ3) is 5.15. The molecule has 0 N–H and O–H groups in total. The molecule has 1 aromatic carbocycles. The second-order valence-corrected chi connectivity index (χ2v) is 3.23. The molecular formula is C14H15O2. The third-order valence-electron chi connectivity index (χ3n) is 1.84. The molecule has 0 unspecified atom stereocenters. The highest BCUT2D eigenvalue weighted by Crippen LogP contribution is 2.08. The number of hydrogen-bond donors (Lipinski definition) is 0. The van der Waals surface area contributed by atoms with Crippen LogP contribution in [0.4, 0.5) is 0 Å². The van der Waals surface area contributed by atoms with Crippen LogP contribution in [-0.4, -0.2) is 5.97 Å². The summed E-state index contributed by atoms with van der Waals surface area (Å²) in [7, 11) is 0. The predicted molar refractivity (Wildman–Crippen MR) is 64.1 cm³/mol. The zero-order valence-electron chi connectivity index (χ0n) is 9.35. The van der Waals surface area contributed by atoms with E-state index in [1.807, 2.05) is 12.2 Å². The summed E-state index contributed by atoms with van der Waals surface area (Å²) in [6, 6.07) is 9.64. The third-order valence-corrected chi connectivity index (χ3v) is 1.84. The molecule has 83 valence electrons. The Labute approximate surface area is 96.2 Å². The molecule has 0 aromatic heterocycles. The van der Waals surface area contributed by atoms with Crippen LogP contribution in [-0.2, 0) is 4.79 Å². The summed E-state index contributed by atoms with van der Waals surface area (Å²) < 4.78 is 5.04. The molecule has 1 radical (unpaired) electrons. The monoisotopic (exact) mass is 215 g/mol. The number of carbonyl (C=O) groups is 1. The number of rotatable bonds is 5. The molecule has 0 aliphatic rings. The van der Waals surface area contributed by atoms with Crippen LogP contribution in [0.25, 0.3) is 0 Å². The van der Waals surface area contributed by atoms with Gasteiger partial charge in [-0.15, -0.1) is 0 Å². The van der Waals surface area contributed by atoms with Crippen LogP contribution < -0.4 is 4.74 Å². The van der Waals surface area contributed by atoms with Crippen LogP contribution in [0, 0.1) is 6.07 Å². The summed E-state index contributed by atoms with van der Waals surface area (Å²) in [5.74, 6) is 0.165. The van der Waals surface area contributed by atoms with Crippen molar-refractivity contribution in [2.45, 2.75) is 19.8 Å². The van der Waals surface area contributed by atoms with Gasteiger partial charge >= 0.3 is 5.97 Å². The summed E-state index contributed by atoms with van der Waals surface area (Å²) in [6.45, 7) is 2.11. The van der Waals surface area contributed by atoms with E-state index in [0.29, 0.717) is 5.75 Å².